The Kier molecular flexibility index (Phi) is 3.73. The van der Waals surface area contributed by atoms with E-state index in [2.05, 4.69) is 0 Å². The lowest BCUT2D eigenvalue weighted by Gasteiger charge is -2.26. The molecule has 2 aliphatic rings. The number of rotatable bonds is 6. The van der Waals surface area contributed by atoms with Crippen LogP contribution in [-0.2, 0) is 14.6 Å². The zero-order chi connectivity index (χ0) is 12.5. The summed E-state index contributed by atoms with van der Waals surface area (Å²) in [7, 11) is -2.93. The Hall–Kier alpha value is -0.620. The molecule has 2 fully saturated rings. The van der Waals surface area contributed by atoms with Gasteiger partial charge in [-0.05, 0) is 25.3 Å². The molecule has 17 heavy (non-hydrogen) atoms. The zero-order valence-corrected chi connectivity index (χ0v) is 10.7. The van der Waals surface area contributed by atoms with Gasteiger partial charge in [0.05, 0.1) is 18.1 Å². The van der Waals surface area contributed by atoms with Crippen molar-refractivity contribution >= 4 is 15.8 Å². The lowest BCUT2D eigenvalue weighted by Crippen LogP contribution is -2.40. The lowest BCUT2D eigenvalue weighted by atomic mass is 10.2. The number of aliphatic carboxylic acids is 1. The molecular formula is C11H19NO4S. The summed E-state index contributed by atoms with van der Waals surface area (Å²) in [5.74, 6) is 0.205. The summed E-state index contributed by atoms with van der Waals surface area (Å²) >= 11 is 0. The van der Waals surface area contributed by atoms with Crippen LogP contribution in [0.5, 0.6) is 0 Å². The minimum absolute atomic E-state index is 0.0348. The van der Waals surface area contributed by atoms with Crippen molar-refractivity contribution < 1.29 is 18.3 Å². The topological polar surface area (TPSA) is 74.7 Å². The highest BCUT2D eigenvalue weighted by Crippen LogP contribution is 2.33. The fourth-order valence-electron chi connectivity index (χ4n) is 2.38. The molecule has 1 saturated heterocycles. The van der Waals surface area contributed by atoms with Crippen molar-refractivity contribution in [3.05, 3.63) is 0 Å². The van der Waals surface area contributed by atoms with Crippen molar-refractivity contribution in [1.29, 1.82) is 0 Å². The van der Waals surface area contributed by atoms with Crippen molar-refractivity contribution in [3.63, 3.8) is 0 Å². The third-order valence-corrected chi connectivity index (χ3v) is 5.33. The number of carbonyl (C=O) groups is 1. The summed E-state index contributed by atoms with van der Waals surface area (Å²) in [5.41, 5.74) is 0. The summed E-state index contributed by atoms with van der Waals surface area (Å²) in [4.78, 5) is 12.6. The Balaban J connectivity index is 1.91. The molecule has 0 spiro atoms. The molecule has 1 atom stereocenters. The lowest BCUT2D eigenvalue weighted by molar-refractivity contribution is -0.138. The van der Waals surface area contributed by atoms with Crippen LogP contribution < -0.4 is 0 Å². The van der Waals surface area contributed by atoms with E-state index in [4.69, 9.17) is 5.11 Å². The molecule has 5 nitrogen and oxygen atoms in total. The average molecular weight is 261 g/mol. The van der Waals surface area contributed by atoms with Gasteiger partial charge >= 0.3 is 5.97 Å². The van der Waals surface area contributed by atoms with Crippen LogP contribution in [0.3, 0.4) is 0 Å². The average Bonchev–Trinajstić information content (AvgIpc) is 2.96. The molecule has 0 aromatic heterocycles. The normalized spacial score (nSPS) is 27.5. The molecule has 1 aliphatic heterocycles. The van der Waals surface area contributed by atoms with E-state index in [1.165, 1.54) is 12.8 Å². The van der Waals surface area contributed by atoms with E-state index >= 15 is 0 Å². The second kappa shape index (κ2) is 4.94. The molecule has 0 amide bonds. The highest BCUT2D eigenvalue weighted by atomic mass is 32.2. The van der Waals surface area contributed by atoms with Gasteiger partial charge in [-0.2, -0.15) is 0 Å². The van der Waals surface area contributed by atoms with Gasteiger partial charge in [0.2, 0.25) is 0 Å². The zero-order valence-electron chi connectivity index (χ0n) is 9.84. The number of hydrogen-bond donors (Lipinski definition) is 1. The van der Waals surface area contributed by atoms with E-state index < -0.39 is 15.8 Å². The fourth-order valence-corrected chi connectivity index (χ4v) is 4.14. The Bertz CT molecular complexity index is 388. The molecule has 0 radical (unpaired) electrons. The number of carboxylic acid groups (broad SMARTS) is 1. The van der Waals surface area contributed by atoms with Crippen LogP contribution in [0, 0.1) is 5.92 Å². The minimum atomic E-state index is -2.93. The molecular weight excluding hydrogens is 242 g/mol. The van der Waals surface area contributed by atoms with Gasteiger partial charge in [-0.25, -0.2) is 8.42 Å². The summed E-state index contributed by atoms with van der Waals surface area (Å²) in [5, 5.41) is 8.86. The molecule has 1 heterocycles. The number of carboxylic acids is 1. The quantitative estimate of drug-likeness (QED) is 0.747. The Morgan fingerprint density at radius 1 is 1.29 bits per heavy atom. The van der Waals surface area contributed by atoms with Crippen molar-refractivity contribution in [1.82, 2.24) is 4.90 Å². The SMILES string of the molecule is O=C(O)CN(CCC1CC1)C1CCS(=O)(=O)C1. The molecule has 98 valence electrons. The first-order valence-electron chi connectivity index (χ1n) is 6.12. The Morgan fingerprint density at radius 2 is 2.00 bits per heavy atom. The van der Waals surface area contributed by atoms with E-state index in [0.29, 0.717) is 6.42 Å². The molecule has 1 N–H and O–H groups in total. The Morgan fingerprint density at radius 3 is 2.47 bits per heavy atom. The summed E-state index contributed by atoms with van der Waals surface area (Å²) in [6.45, 7) is 0.685. The molecule has 6 heteroatoms. The minimum Gasteiger partial charge on any atom is -0.480 e. The van der Waals surface area contributed by atoms with E-state index in [9.17, 15) is 13.2 Å². The van der Waals surface area contributed by atoms with Crippen LogP contribution >= 0.6 is 0 Å². The van der Waals surface area contributed by atoms with Crippen molar-refractivity contribution in [2.45, 2.75) is 31.7 Å². The summed E-state index contributed by atoms with van der Waals surface area (Å²) in [6, 6.07) is -0.0881. The molecule has 1 aliphatic carbocycles. The first kappa shape index (κ1) is 12.8. The van der Waals surface area contributed by atoms with E-state index in [1.54, 1.807) is 0 Å². The highest BCUT2D eigenvalue weighted by Gasteiger charge is 2.33. The first-order valence-corrected chi connectivity index (χ1v) is 7.95. The van der Waals surface area contributed by atoms with Crippen LogP contribution in [0.2, 0.25) is 0 Å². The summed E-state index contributed by atoms with van der Waals surface area (Å²) in [6.07, 6.45) is 4.07. The van der Waals surface area contributed by atoms with Crippen molar-refractivity contribution in [3.8, 4) is 0 Å². The standard InChI is InChI=1S/C11H19NO4S/c13-11(14)7-12(5-3-9-1-2-9)10-4-6-17(15,16)8-10/h9-10H,1-8H2,(H,13,14). The predicted molar refractivity (Wildman–Crippen MR) is 63.6 cm³/mol. The number of sulfone groups is 1. The van der Waals surface area contributed by atoms with Gasteiger partial charge in [0.1, 0.15) is 0 Å². The van der Waals surface area contributed by atoms with E-state index in [-0.39, 0.29) is 24.1 Å². The van der Waals surface area contributed by atoms with Gasteiger partial charge in [-0.1, -0.05) is 12.8 Å². The smallest absolute Gasteiger partial charge is 0.317 e. The van der Waals surface area contributed by atoms with Crippen LogP contribution in [0.15, 0.2) is 0 Å². The third-order valence-electron chi connectivity index (χ3n) is 3.58. The molecule has 1 saturated carbocycles. The Labute approximate surface area is 102 Å². The second-order valence-corrected chi connectivity index (χ2v) is 7.38. The number of nitrogens with zero attached hydrogens (tertiary/aromatic N) is 1. The third kappa shape index (κ3) is 3.96. The van der Waals surface area contributed by atoms with E-state index in [0.717, 1.165) is 18.9 Å². The maximum absolute atomic E-state index is 11.4. The second-order valence-electron chi connectivity index (χ2n) is 5.15. The molecule has 0 aromatic rings. The van der Waals surface area contributed by atoms with Crippen LogP contribution in [0.25, 0.3) is 0 Å². The largest absolute Gasteiger partial charge is 0.480 e. The molecule has 2 rings (SSSR count). The van der Waals surface area contributed by atoms with Gasteiger partial charge in [-0.3, -0.25) is 9.69 Å². The van der Waals surface area contributed by atoms with Gasteiger partial charge in [0, 0.05) is 6.04 Å². The number of hydrogen-bond acceptors (Lipinski definition) is 4. The predicted octanol–water partition coefficient (Wildman–Crippen LogP) is 0.360. The van der Waals surface area contributed by atoms with Crippen molar-refractivity contribution in [2.75, 3.05) is 24.6 Å². The molecule has 0 bridgehead atoms. The summed E-state index contributed by atoms with van der Waals surface area (Å²) < 4.78 is 22.8. The van der Waals surface area contributed by atoms with Crippen LogP contribution in [0.4, 0.5) is 0 Å². The molecule has 0 aromatic carbocycles. The maximum atomic E-state index is 11.4. The monoisotopic (exact) mass is 261 g/mol. The van der Waals surface area contributed by atoms with Gasteiger partial charge in [0.15, 0.2) is 9.84 Å². The highest BCUT2D eigenvalue weighted by molar-refractivity contribution is 7.91. The first-order chi connectivity index (χ1) is 7.96. The maximum Gasteiger partial charge on any atom is 0.317 e. The molecule has 1 unspecified atom stereocenters. The fraction of sp³-hybridized carbons (Fsp3) is 0.909. The van der Waals surface area contributed by atoms with Crippen LogP contribution in [-0.4, -0.2) is 55.0 Å². The van der Waals surface area contributed by atoms with Crippen LogP contribution in [0.1, 0.15) is 25.7 Å². The van der Waals surface area contributed by atoms with Gasteiger partial charge in [0.25, 0.3) is 0 Å². The van der Waals surface area contributed by atoms with Crippen molar-refractivity contribution in [2.24, 2.45) is 5.92 Å². The van der Waals surface area contributed by atoms with Gasteiger partial charge < -0.3 is 5.11 Å². The van der Waals surface area contributed by atoms with Gasteiger partial charge in [-0.15, -0.1) is 0 Å². The van der Waals surface area contributed by atoms with E-state index in [1.807, 2.05) is 4.90 Å².